The third kappa shape index (κ3) is 4.38. The van der Waals surface area contributed by atoms with E-state index >= 15 is 0 Å². The molecule has 144 valence electrons. The van der Waals surface area contributed by atoms with Crippen LogP contribution in [0.2, 0.25) is 0 Å². The van der Waals surface area contributed by atoms with Crippen molar-refractivity contribution in [1.29, 1.82) is 0 Å². The zero-order valence-corrected chi connectivity index (χ0v) is 17.6. The minimum atomic E-state index is -0.0469. The quantitative estimate of drug-likeness (QED) is 0.694. The number of nitrogens with zero attached hydrogens (tertiary/aromatic N) is 4. The summed E-state index contributed by atoms with van der Waals surface area (Å²) in [6.45, 7) is 10.1. The average Bonchev–Trinajstić information content (AvgIpc) is 3.06. The first-order valence-electron chi connectivity index (χ1n) is 9.52. The molecule has 1 amide bonds. The second-order valence-corrected chi connectivity index (χ2v) is 8.27. The number of thiazole rings is 1. The van der Waals surface area contributed by atoms with Crippen LogP contribution >= 0.6 is 11.3 Å². The van der Waals surface area contributed by atoms with E-state index in [-0.39, 0.29) is 5.91 Å². The normalized spacial score (nSPS) is 20.3. The number of aryl methyl sites for hydroxylation is 2. The molecule has 1 aliphatic heterocycles. The third-order valence-corrected chi connectivity index (χ3v) is 6.08. The van der Waals surface area contributed by atoms with Gasteiger partial charge in [0.25, 0.3) is 0 Å². The Kier molecular flexibility index (Phi) is 5.95. The summed E-state index contributed by atoms with van der Waals surface area (Å²) in [6, 6.07) is 6.94. The maximum absolute atomic E-state index is 12.3. The van der Waals surface area contributed by atoms with Crippen molar-refractivity contribution in [2.45, 2.75) is 66.0 Å². The van der Waals surface area contributed by atoms with E-state index in [0.717, 1.165) is 16.9 Å². The highest BCUT2D eigenvalue weighted by molar-refractivity contribution is 7.14. The monoisotopic (exact) mass is 384 g/mol. The summed E-state index contributed by atoms with van der Waals surface area (Å²) in [5, 5.41) is 9.48. The molecular weight excluding hydrogens is 356 g/mol. The van der Waals surface area contributed by atoms with Gasteiger partial charge in [0, 0.05) is 24.4 Å². The van der Waals surface area contributed by atoms with Gasteiger partial charge in [0.05, 0.1) is 17.6 Å². The molecule has 1 aromatic heterocycles. The van der Waals surface area contributed by atoms with Crippen LogP contribution in [0.1, 0.15) is 56.9 Å². The Bertz CT molecular complexity index is 834. The van der Waals surface area contributed by atoms with Crippen molar-refractivity contribution >= 4 is 34.3 Å². The van der Waals surface area contributed by atoms with E-state index in [1.807, 2.05) is 29.8 Å². The van der Waals surface area contributed by atoms with Crippen LogP contribution in [-0.2, 0) is 4.79 Å². The Labute approximate surface area is 165 Å². The molecule has 3 rings (SSSR count). The second-order valence-electron chi connectivity index (χ2n) is 7.43. The van der Waals surface area contributed by atoms with Crippen LogP contribution in [0, 0.1) is 13.8 Å². The van der Waals surface area contributed by atoms with Crippen LogP contribution in [0.5, 0.6) is 0 Å². The smallest absolute Gasteiger partial charge is 0.230 e. The summed E-state index contributed by atoms with van der Waals surface area (Å²) in [6.07, 6.45) is 5.43. The van der Waals surface area contributed by atoms with E-state index in [0.29, 0.717) is 17.2 Å². The minimum Gasteiger partial charge on any atom is -0.291 e. The molecule has 27 heavy (non-hydrogen) atoms. The summed E-state index contributed by atoms with van der Waals surface area (Å²) in [5.74, 6) is -0.0469. The molecule has 0 saturated carbocycles. The largest absolute Gasteiger partial charge is 0.291 e. The summed E-state index contributed by atoms with van der Waals surface area (Å²) in [7, 11) is 0. The second kappa shape index (κ2) is 8.21. The molecule has 0 N–H and O–H groups in total. The summed E-state index contributed by atoms with van der Waals surface area (Å²) >= 11 is 1.46. The third-order valence-electron chi connectivity index (χ3n) is 5.24. The fourth-order valence-corrected chi connectivity index (χ4v) is 4.33. The molecule has 0 aliphatic carbocycles. The zero-order valence-electron chi connectivity index (χ0n) is 16.8. The van der Waals surface area contributed by atoms with Gasteiger partial charge >= 0.3 is 0 Å². The molecule has 2 aromatic rings. The van der Waals surface area contributed by atoms with Crippen molar-refractivity contribution in [3.63, 3.8) is 0 Å². The van der Waals surface area contributed by atoms with E-state index in [1.165, 1.54) is 36.2 Å². The topological polar surface area (TPSA) is 48.8 Å². The lowest BCUT2D eigenvalue weighted by Gasteiger charge is -2.36. The Morgan fingerprint density at radius 3 is 2.59 bits per heavy atom. The number of hydrogen-bond donors (Lipinski definition) is 0. The van der Waals surface area contributed by atoms with Gasteiger partial charge in [-0.05, 0) is 70.2 Å². The minimum absolute atomic E-state index is 0.0469. The van der Waals surface area contributed by atoms with Crippen molar-refractivity contribution in [1.82, 2.24) is 9.99 Å². The van der Waals surface area contributed by atoms with Crippen LogP contribution in [0.4, 0.5) is 10.8 Å². The summed E-state index contributed by atoms with van der Waals surface area (Å²) in [5.41, 5.74) is 4.00. The van der Waals surface area contributed by atoms with E-state index < -0.39 is 0 Å². The standard InChI is InChI=1S/C21H28N4OS/c1-14-9-10-20(11-15(14)2)24(18(5)26)21-23-19(13-27-21)12-22-25-16(3)7-6-8-17(25)4/h9-13,16-17H,6-8H2,1-5H3/b22-12-/t16-,17+. The Hall–Kier alpha value is -2.21. The SMILES string of the molecule is CC(=O)N(c1ccc(C)c(C)c1)c1nc(/C=N\N2[C@H](C)CCC[C@@H]2C)cs1. The van der Waals surface area contributed by atoms with Crippen LogP contribution in [0.15, 0.2) is 28.7 Å². The molecule has 0 unspecified atom stereocenters. The van der Waals surface area contributed by atoms with Crippen LogP contribution in [0.25, 0.3) is 0 Å². The van der Waals surface area contributed by atoms with Gasteiger partial charge in [0.2, 0.25) is 5.91 Å². The van der Waals surface area contributed by atoms with Gasteiger partial charge in [-0.1, -0.05) is 6.07 Å². The molecule has 0 bridgehead atoms. The van der Waals surface area contributed by atoms with Gasteiger partial charge in [-0.2, -0.15) is 5.10 Å². The van der Waals surface area contributed by atoms with Crippen LogP contribution in [-0.4, -0.2) is 34.2 Å². The molecule has 6 heteroatoms. The molecule has 2 atom stereocenters. The van der Waals surface area contributed by atoms with Crippen molar-refractivity contribution in [2.75, 3.05) is 4.90 Å². The van der Waals surface area contributed by atoms with E-state index in [9.17, 15) is 4.79 Å². The van der Waals surface area contributed by atoms with Crippen LogP contribution < -0.4 is 4.90 Å². The number of carbonyl (C=O) groups excluding carboxylic acids is 1. The number of aromatic nitrogens is 1. The lowest BCUT2D eigenvalue weighted by Crippen LogP contribution is -2.39. The van der Waals surface area contributed by atoms with Crippen molar-refractivity contribution in [3.8, 4) is 0 Å². The molecule has 0 spiro atoms. The number of benzene rings is 1. The number of carbonyl (C=O) groups is 1. The molecule has 2 heterocycles. The van der Waals surface area contributed by atoms with Crippen molar-refractivity contribution in [2.24, 2.45) is 5.10 Å². The highest BCUT2D eigenvalue weighted by Gasteiger charge is 2.23. The fourth-order valence-electron chi connectivity index (χ4n) is 3.49. The average molecular weight is 385 g/mol. The molecule has 0 radical (unpaired) electrons. The highest BCUT2D eigenvalue weighted by atomic mass is 32.1. The van der Waals surface area contributed by atoms with Gasteiger partial charge in [-0.15, -0.1) is 11.3 Å². The maximum atomic E-state index is 12.3. The van der Waals surface area contributed by atoms with Gasteiger partial charge in [0.1, 0.15) is 0 Å². The number of anilines is 2. The lowest BCUT2D eigenvalue weighted by molar-refractivity contribution is -0.115. The van der Waals surface area contributed by atoms with E-state index in [2.05, 4.69) is 42.8 Å². The highest BCUT2D eigenvalue weighted by Crippen LogP contribution is 2.30. The molecular formula is C21H28N4OS. The molecule has 1 saturated heterocycles. The predicted molar refractivity (Wildman–Crippen MR) is 113 cm³/mol. The van der Waals surface area contributed by atoms with Gasteiger partial charge < -0.3 is 0 Å². The number of hydrogen-bond acceptors (Lipinski definition) is 5. The lowest BCUT2D eigenvalue weighted by atomic mass is 10.00. The summed E-state index contributed by atoms with van der Waals surface area (Å²) in [4.78, 5) is 18.6. The Balaban J connectivity index is 1.83. The summed E-state index contributed by atoms with van der Waals surface area (Å²) < 4.78 is 0. The first-order valence-corrected chi connectivity index (χ1v) is 10.4. The molecule has 1 aromatic carbocycles. The number of piperidine rings is 1. The molecule has 5 nitrogen and oxygen atoms in total. The number of amides is 1. The predicted octanol–water partition coefficient (Wildman–Crippen LogP) is 5.04. The van der Waals surface area contributed by atoms with Crippen LogP contribution in [0.3, 0.4) is 0 Å². The van der Waals surface area contributed by atoms with E-state index in [4.69, 9.17) is 0 Å². The number of hydrazone groups is 1. The zero-order chi connectivity index (χ0) is 19.6. The van der Waals surface area contributed by atoms with Gasteiger partial charge in [-0.25, -0.2) is 4.98 Å². The fraction of sp³-hybridized carbons (Fsp3) is 0.476. The number of rotatable bonds is 4. The maximum Gasteiger partial charge on any atom is 0.230 e. The molecule has 1 fully saturated rings. The Morgan fingerprint density at radius 2 is 1.96 bits per heavy atom. The van der Waals surface area contributed by atoms with Crippen molar-refractivity contribution < 1.29 is 4.79 Å². The van der Waals surface area contributed by atoms with Crippen molar-refractivity contribution in [3.05, 3.63) is 40.4 Å². The first kappa shape index (κ1) is 19.5. The van der Waals surface area contributed by atoms with Gasteiger partial charge in [-0.3, -0.25) is 14.7 Å². The van der Waals surface area contributed by atoms with E-state index in [1.54, 1.807) is 11.8 Å². The molecule has 1 aliphatic rings. The van der Waals surface area contributed by atoms with Gasteiger partial charge in [0.15, 0.2) is 5.13 Å². The first-order chi connectivity index (χ1) is 12.9. The Morgan fingerprint density at radius 1 is 1.26 bits per heavy atom.